The number of likely N-dealkylation sites (N-methyl/N-ethyl adjacent to an activating group) is 2. The zero-order valence-corrected chi connectivity index (χ0v) is 17.9. The number of imide groups is 1. The molecule has 0 spiro atoms. The minimum Gasteiger partial charge on any atom is -0.270 e. The van der Waals surface area contributed by atoms with Gasteiger partial charge in [0.1, 0.15) is 5.69 Å². The molecule has 3 amide bonds. The van der Waals surface area contributed by atoms with Crippen molar-refractivity contribution in [1.29, 1.82) is 0 Å². The number of hydrogen-bond acceptors (Lipinski definition) is 4. The summed E-state index contributed by atoms with van der Waals surface area (Å²) < 4.78 is 3.49. The molecule has 1 fully saturated rings. The van der Waals surface area contributed by atoms with Crippen molar-refractivity contribution in [3.63, 3.8) is 0 Å². The number of amides is 3. The van der Waals surface area contributed by atoms with E-state index in [1.807, 2.05) is 30.6 Å². The fourth-order valence-electron chi connectivity index (χ4n) is 3.58. The lowest BCUT2D eigenvalue weighted by Crippen LogP contribution is -2.61. The first-order valence-electron chi connectivity index (χ1n) is 8.94. The molecule has 2 aliphatic heterocycles. The van der Waals surface area contributed by atoms with Crippen molar-refractivity contribution < 1.29 is 14.2 Å². The zero-order valence-electron chi connectivity index (χ0n) is 16.3. The highest BCUT2D eigenvalue weighted by Gasteiger charge is 2.52. The third-order valence-electron chi connectivity index (χ3n) is 5.06. The van der Waals surface area contributed by atoms with E-state index in [1.54, 1.807) is 23.9 Å². The molecule has 10 heteroatoms. The number of amidine groups is 1. The van der Waals surface area contributed by atoms with Gasteiger partial charge >= 0.3 is 12.0 Å². The molecule has 0 N–H and O–H groups in total. The molecule has 1 atom stereocenters. The highest BCUT2D eigenvalue weighted by atomic mass is 35.5. The number of urea groups is 1. The molecule has 1 unspecified atom stereocenters. The maximum Gasteiger partial charge on any atom is 0.421 e. The van der Waals surface area contributed by atoms with Gasteiger partial charge in [0.15, 0.2) is 0 Å². The largest absolute Gasteiger partial charge is 0.421 e. The van der Waals surface area contributed by atoms with E-state index >= 15 is 0 Å². The standard InChI is InChI=1S/C19H19Cl2N6O2/c1-10-7-11(2)27(23-10)18-22-16-15(17(28)25(4)19(29)24(16)3)26(18)9-12-5-6-13(20)8-14(12)21/h5-8,15H,9H2,1-4H3/q+1. The zero-order chi connectivity index (χ0) is 21.0. The van der Waals surface area contributed by atoms with Crippen molar-refractivity contribution in [1.82, 2.24) is 19.6 Å². The minimum atomic E-state index is -0.756. The molecule has 1 saturated heterocycles. The van der Waals surface area contributed by atoms with Gasteiger partial charge in [-0.2, -0.15) is 0 Å². The number of rotatable bonds is 2. The van der Waals surface area contributed by atoms with E-state index < -0.39 is 12.1 Å². The van der Waals surface area contributed by atoms with Crippen LogP contribution < -0.4 is 0 Å². The monoisotopic (exact) mass is 433 g/mol. The maximum absolute atomic E-state index is 13.0. The van der Waals surface area contributed by atoms with Crippen LogP contribution in [-0.2, 0) is 11.3 Å². The van der Waals surface area contributed by atoms with Crippen molar-refractivity contribution in [3.05, 3.63) is 51.3 Å². The van der Waals surface area contributed by atoms with Crippen LogP contribution in [0.15, 0.2) is 29.3 Å². The summed E-state index contributed by atoms with van der Waals surface area (Å²) in [4.78, 5) is 32.6. The molecule has 0 radical (unpaired) electrons. The Morgan fingerprint density at radius 1 is 1.10 bits per heavy atom. The highest BCUT2D eigenvalue weighted by Crippen LogP contribution is 2.26. The van der Waals surface area contributed by atoms with Gasteiger partial charge in [0.25, 0.3) is 5.91 Å². The van der Waals surface area contributed by atoms with E-state index in [0.717, 1.165) is 21.9 Å². The Morgan fingerprint density at radius 2 is 1.83 bits per heavy atom. The number of aromatic nitrogens is 2. The Bertz CT molecular complexity index is 1120. The molecule has 1 aromatic heterocycles. The number of aliphatic imine (C=N–C) groups is 1. The first-order chi connectivity index (χ1) is 13.7. The summed E-state index contributed by atoms with van der Waals surface area (Å²) in [5.41, 5.74) is 2.46. The predicted octanol–water partition coefficient (Wildman–Crippen LogP) is 2.53. The third-order valence-corrected chi connectivity index (χ3v) is 5.65. The first-order valence-corrected chi connectivity index (χ1v) is 9.69. The quantitative estimate of drug-likeness (QED) is 0.682. The van der Waals surface area contributed by atoms with Gasteiger partial charge in [-0.3, -0.25) is 14.6 Å². The number of halogens is 2. The van der Waals surface area contributed by atoms with Crippen LogP contribution in [0, 0.1) is 13.8 Å². The van der Waals surface area contributed by atoms with Gasteiger partial charge in [0, 0.05) is 29.7 Å². The number of carbonyl (C=O) groups excluding carboxylic acids is 2. The van der Waals surface area contributed by atoms with Crippen LogP contribution in [0.4, 0.5) is 4.79 Å². The Kier molecular flexibility index (Phi) is 4.71. The molecule has 150 valence electrons. The van der Waals surface area contributed by atoms with Crippen molar-refractivity contribution in [2.75, 3.05) is 14.1 Å². The molecule has 4 rings (SSSR count). The average molecular weight is 434 g/mol. The fourth-order valence-corrected chi connectivity index (χ4v) is 4.05. The molecule has 2 aliphatic rings. The van der Waals surface area contributed by atoms with Crippen LogP contribution >= 0.6 is 23.2 Å². The lowest BCUT2D eigenvalue weighted by molar-refractivity contribution is -0.553. The van der Waals surface area contributed by atoms with Crippen LogP contribution in [0.5, 0.6) is 0 Å². The predicted molar refractivity (Wildman–Crippen MR) is 110 cm³/mol. The van der Waals surface area contributed by atoms with Gasteiger partial charge in [-0.25, -0.2) is 9.37 Å². The number of carbonyl (C=O) groups is 2. The van der Waals surface area contributed by atoms with Gasteiger partial charge in [0.2, 0.25) is 11.9 Å². The Balaban J connectivity index is 1.89. The van der Waals surface area contributed by atoms with Crippen LogP contribution in [0.1, 0.15) is 17.0 Å². The third kappa shape index (κ3) is 3.12. The normalized spacial score (nSPS) is 19.2. The summed E-state index contributed by atoms with van der Waals surface area (Å²) in [5, 5.41) is 5.53. The fraction of sp³-hybridized carbons (Fsp3) is 0.316. The van der Waals surface area contributed by atoms with Gasteiger partial charge < -0.3 is 0 Å². The van der Waals surface area contributed by atoms with Crippen molar-refractivity contribution in [2.24, 2.45) is 4.99 Å². The maximum atomic E-state index is 13.0. The molecule has 8 nitrogen and oxygen atoms in total. The van der Waals surface area contributed by atoms with Gasteiger partial charge in [-0.15, -0.1) is 9.78 Å². The Morgan fingerprint density at radius 3 is 2.45 bits per heavy atom. The Hall–Kier alpha value is -2.71. The summed E-state index contributed by atoms with van der Waals surface area (Å²) in [7, 11) is 3.07. The molecular weight excluding hydrogens is 415 g/mol. The second-order valence-corrected chi connectivity index (χ2v) is 7.96. The molecule has 0 bridgehead atoms. The van der Waals surface area contributed by atoms with E-state index in [9.17, 15) is 9.59 Å². The number of aryl methyl sites for hydroxylation is 2. The Labute approximate surface area is 177 Å². The van der Waals surface area contributed by atoms with E-state index in [4.69, 9.17) is 23.2 Å². The van der Waals surface area contributed by atoms with Crippen molar-refractivity contribution in [3.8, 4) is 0 Å². The molecule has 2 aromatic rings. The van der Waals surface area contributed by atoms with Crippen LogP contribution in [-0.4, -0.2) is 68.0 Å². The lowest BCUT2D eigenvalue weighted by atomic mass is 10.1. The summed E-state index contributed by atoms with van der Waals surface area (Å²) >= 11 is 12.4. The number of benzene rings is 1. The smallest absolute Gasteiger partial charge is 0.270 e. The number of hydrogen-bond donors (Lipinski definition) is 0. The summed E-state index contributed by atoms with van der Waals surface area (Å²) in [5.74, 6) is 0.476. The molecule has 3 heterocycles. The highest BCUT2D eigenvalue weighted by molar-refractivity contribution is 6.35. The topological polar surface area (TPSA) is 73.8 Å². The molecule has 0 saturated carbocycles. The van der Waals surface area contributed by atoms with Crippen LogP contribution in [0.25, 0.3) is 0 Å². The van der Waals surface area contributed by atoms with E-state index in [0.29, 0.717) is 28.4 Å². The van der Waals surface area contributed by atoms with E-state index in [1.165, 1.54) is 11.9 Å². The van der Waals surface area contributed by atoms with E-state index in [2.05, 4.69) is 10.1 Å². The van der Waals surface area contributed by atoms with Crippen LogP contribution in [0.2, 0.25) is 10.0 Å². The molecule has 0 aliphatic carbocycles. The second kappa shape index (κ2) is 6.96. The van der Waals surface area contributed by atoms with Crippen molar-refractivity contribution >= 4 is 46.9 Å². The van der Waals surface area contributed by atoms with E-state index in [-0.39, 0.29) is 5.91 Å². The van der Waals surface area contributed by atoms with Gasteiger partial charge in [0.05, 0.1) is 12.2 Å². The van der Waals surface area contributed by atoms with Gasteiger partial charge in [-0.05, 0) is 32.0 Å². The average Bonchev–Trinajstić information content (AvgIpc) is 3.20. The number of fused-ring (bicyclic) bond motifs is 1. The summed E-state index contributed by atoms with van der Waals surface area (Å²) in [6.45, 7) is 4.09. The van der Waals surface area contributed by atoms with Crippen LogP contribution in [0.3, 0.4) is 0 Å². The SMILES string of the molecule is Cc1cc(C)n(C2=[N+](Cc3ccc(Cl)cc3Cl)C3C(=O)N(C)C(=O)N(C)C3=N2)n1. The second-order valence-electron chi connectivity index (χ2n) is 7.11. The molecule has 1 aromatic carbocycles. The number of nitrogens with zero attached hydrogens (tertiary/aromatic N) is 6. The van der Waals surface area contributed by atoms with Crippen molar-refractivity contribution in [2.45, 2.75) is 26.4 Å². The lowest BCUT2D eigenvalue weighted by Gasteiger charge is -2.31. The first kappa shape index (κ1) is 19.6. The molecular formula is C19H19Cl2N6O2+. The van der Waals surface area contributed by atoms with Gasteiger partial charge in [-0.1, -0.05) is 34.3 Å². The minimum absolute atomic E-state index is 0.295. The summed E-state index contributed by atoms with van der Waals surface area (Å²) in [6, 6.07) is 5.95. The summed E-state index contributed by atoms with van der Waals surface area (Å²) in [6.07, 6.45) is 0. The molecule has 29 heavy (non-hydrogen) atoms.